The molecular weight excluding hydrogens is 409 g/mol. The van der Waals surface area contributed by atoms with Crippen LogP contribution >= 0.6 is 23.8 Å². The SMILES string of the molecule is Fc1c(F)c(C(F)(F)F)c(F)c(F)c1NC(=S)NCc1ccc(Cl)cc1. The molecule has 0 aliphatic heterocycles. The normalized spacial score (nSPS) is 11.4. The van der Waals surface area contributed by atoms with E-state index in [1.807, 2.05) is 5.32 Å². The van der Waals surface area contributed by atoms with Gasteiger partial charge in [-0.3, -0.25) is 0 Å². The summed E-state index contributed by atoms with van der Waals surface area (Å²) in [5.41, 5.74) is -3.47. The highest BCUT2D eigenvalue weighted by Gasteiger charge is 2.42. The van der Waals surface area contributed by atoms with E-state index in [1.165, 1.54) is 0 Å². The zero-order valence-corrected chi connectivity index (χ0v) is 14.0. The Morgan fingerprint density at radius 2 is 1.42 bits per heavy atom. The van der Waals surface area contributed by atoms with Gasteiger partial charge in [0.25, 0.3) is 0 Å². The van der Waals surface area contributed by atoms with Gasteiger partial charge in [-0.2, -0.15) is 13.2 Å². The van der Waals surface area contributed by atoms with Gasteiger partial charge >= 0.3 is 6.18 Å². The summed E-state index contributed by atoms with van der Waals surface area (Å²) in [5.74, 6) is -9.63. The number of anilines is 1. The first-order chi connectivity index (χ1) is 12.0. The molecule has 0 aliphatic rings. The fourth-order valence-corrected chi connectivity index (χ4v) is 2.23. The van der Waals surface area contributed by atoms with E-state index in [2.05, 4.69) is 5.32 Å². The Morgan fingerprint density at radius 1 is 0.923 bits per heavy atom. The summed E-state index contributed by atoms with van der Waals surface area (Å²) < 4.78 is 92.1. The van der Waals surface area contributed by atoms with Crippen LogP contribution in [0.5, 0.6) is 0 Å². The number of nitrogens with one attached hydrogen (secondary N) is 2. The van der Waals surface area contributed by atoms with Gasteiger partial charge in [-0.25, -0.2) is 17.6 Å². The topological polar surface area (TPSA) is 24.1 Å². The van der Waals surface area contributed by atoms with Crippen LogP contribution in [0.2, 0.25) is 5.02 Å². The molecule has 11 heteroatoms. The van der Waals surface area contributed by atoms with E-state index >= 15 is 0 Å². The van der Waals surface area contributed by atoms with Crippen LogP contribution in [0, 0.1) is 23.3 Å². The molecule has 140 valence electrons. The lowest BCUT2D eigenvalue weighted by Crippen LogP contribution is -2.29. The fraction of sp³-hybridized carbons (Fsp3) is 0.133. The largest absolute Gasteiger partial charge is 0.422 e. The Balaban J connectivity index is 2.21. The third-order valence-electron chi connectivity index (χ3n) is 3.15. The molecule has 0 fully saturated rings. The highest BCUT2D eigenvalue weighted by molar-refractivity contribution is 7.80. The second-order valence-corrected chi connectivity index (χ2v) is 5.78. The second kappa shape index (κ2) is 7.67. The maximum absolute atomic E-state index is 13.8. The van der Waals surface area contributed by atoms with E-state index in [4.69, 9.17) is 23.8 Å². The lowest BCUT2D eigenvalue weighted by atomic mass is 10.1. The number of hydrogen-bond donors (Lipinski definition) is 2. The highest BCUT2D eigenvalue weighted by Crippen LogP contribution is 2.38. The van der Waals surface area contributed by atoms with Crippen molar-refractivity contribution in [2.24, 2.45) is 0 Å². The van der Waals surface area contributed by atoms with Crippen molar-refractivity contribution in [2.45, 2.75) is 12.7 Å². The van der Waals surface area contributed by atoms with Crippen molar-refractivity contribution in [1.29, 1.82) is 0 Å². The van der Waals surface area contributed by atoms with Gasteiger partial charge in [0.05, 0.1) is 0 Å². The molecule has 0 atom stereocenters. The number of benzene rings is 2. The first kappa shape index (κ1) is 20.2. The van der Waals surface area contributed by atoms with Crippen LogP contribution in [0.4, 0.5) is 36.4 Å². The first-order valence-electron chi connectivity index (χ1n) is 6.74. The molecule has 0 heterocycles. The number of alkyl halides is 3. The zero-order chi connectivity index (χ0) is 19.6. The summed E-state index contributed by atoms with van der Waals surface area (Å²) in [6, 6.07) is 6.34. The van der Waals surface area contributed by atoms with Gasteiger partial charge in [-0.1, -0.05) is 23.7 Å². The van der Waals surface area contributed by atoms with Crippen LogP contribution in [0.15, 0.2) is 24.3 Å². The Labute approximate surface area is 153 Å². The zero-order valence-electron chi connectivity index (χ0n) is 12.4. The maximum atomic E-state index is 13.8. The molecule has 2 aromatic carbocycles. The molecule has 2 nitrogen and oxygen atoms in total. The third-order valence-corrected chi connectivity index (χ3v) is 3.65. The van der Waals surface area contributed by atoms with Crippen LogP contribution in [0.1, 0.15) is 11.1 Å². The second-order valence-electron chi connectivity index (χ2n) is 4.94. The summed E-state index contributed by atoms with van der Waals surface area (Å²) >= 11 is 10.4. The Morgan fingerprint density at radius 3 is 1.88 bits per heavy atom. The monoisotopic (exact) mass is 416 g/mol. The van der Waals surface area contributed by atoms with E-state index in [1.54, 1.807) is 24.3 Å². The van der Waals surface area contributed by atoms with Crippen LogP contribution < -0.4 is 10.6 Å². The van der Waals surface area contributed by atoms with Gasteiger partial charge in [0.2, 0.25) is 0 Å². The average molecular weight is 417 g/mol. The first-order valence-corrected chi connectivity index (χ1v) is 7.53. The lowest BCUT2D eigenvalue weighted by Gasteiger charge is -2.16. The Bertz CT molecular complexity index is 808. The van der Waals surface area contributed by atoms with Gasteiger partial charge in [0, 0.05) is 11.6 Å². The summed E-state index contributed by atoms with van der Waals surface area (Å²) in [7, 11) is 0. The minimum Gasteiger partial charge on any atom is -0.358 e. The molecule has 0 aromatic heterocycles. The van der Waals surface area contributed by atoms with E-state index in [0.29, 0.717) is 10.6 Å². The highest BCUT2D eigenvalue weighted by atomic mass is 35.5. The van der Waals surface area contributed by atoms with E-state index < -0.39 is 45.8 Å². The number of rotatable bonds is 3. The summed E-state index contributed by atoms with van der Waals surface area (Å²) in [5, 5.41) is 4.30. The van der Waals surface area contributed by atoms with Crippen LogP contribution in [0.3, 0.4) is 0 Å². The lowest BCUT2D eigenvalue weighted by molar-refractivity contribution is -0.143. The minimum absolute atomic E-state index is 0.0534. The predicted octanol–water partition coefficient (Wildman–Crippen LogP) is 5.40. The summed E-state index contributed by atoms with van der Waals surface area (Å²) in [6.07, 6.45) is -5.61. The number of thiocarbonyl (C=S) groups is 1. The summed E-state index contributed by atoms with van der Waals surface area (Å²) in [6.45, 7) is 0.0534. The molecular formula is C15H8ClF7N2S. The molecule has 26 heavy (non-hydrogen) atoms. The number of hydrogen-bond acceptors (Lipinski definition) is 1. The van der Waals surface area contributed by atoms with E-state index in [0.717, 1.165) is 0 Å². The molecule has 0 amide bonds. The molecule has 0 radical (unpaired) electrons. The van der Waals surface area contributed by atoms with Crippen LogP contribution in [-0.4, -0.2) is 5.11 Å². The molecule has 2 rings (SSSR count). The third kappa shape index (κ3) is 4.36. The van der Waals surface area contributed by atoms with Gasteiger partial charge in [-0.15, -0.1) is 0 Å². The Kier molecular flexibility index (Phi) is 5.97. The van der Waals surface area contributed by atoms with Gasteiger partial charge in [-0.05, 0) is 29.9 Å². The smallest absolute Gasteiger partial charge is 0.358 e. The standard InChI is InChI=1S/C15H8ClF7N2S/c16-7-3-1-6(2-4-7)5-24-14(26)25-13-11(19)9(17)8(15(21,22)23)10(18)12(13)20/h1-4H,5H2,(H2,24,25,26). The Hall–Kier alpha value is -2.07. The molecule has 0 saturated heterocycles. The van der Waals surface area contributed by atoms with Crippen molar-refractivity contribution in [3.8, 4) is 0 Å². The minimum atomic E-state index is -5.61. The molecule has 2 N–H and O–H groups in total. The van der Waals surface area contributed by atoms with Gasteiger partial charge < -0.3 is 10.6 Å². The summed E-state index contributed by atoms with van der Waals surface area (Å²) in [4.78, 5) is 0. The van der Waals surface area contributed by atoms with Gasteiger partial charge in [0.1, 0.15) is 11.3 Å². The van der Waals surface area contributed by atoms with E-state index in [9.17, 15) is 30.7 Å². The van der Waals surface area contributed by atoms with Crippen LogP contribution in [-0.2, 0) is 12.7 Å². The molecule has 2 aromatic rings. The van der Waals surface area contributed by atoms with Crippen molar-refractivity contribution in [3.63, 3.8) is 0 Å². The van der Waals surface area contributed by atoms with Crippen molar-refractivity contribution >= 4 is 34.6 Å². The molecule has 0 bridgehead atoms. The predicted molar refractivity (Wildman–Crippen MR) is 85.8 cm³/mol. The molecule has 0 saturated carbocycles. The van der Waals surface area contributed by atoms with Crippen LogP contribution in [0.25, 0.3) is 0 Å². The quantitative estimate of drug-likeness (QED) is 0.398. The van der Waals surface area contributed by atoms with Crippen molar-refractivity contribution in [3.05, 3.63) is 63.7 Å². The molecule has 0 aliphatic carbocycles. The van der Waals surface area contributed by atoms with Crippen molar-refractivity contribution in [1.82, 2.24) is 5.32 Å². The molecule has 0 spiro atoms. The molecule has 0 unspecified atom stereocenters. The number of halogens is 8. The van der Waals surface area contributed by atoms with E-state index in [-0.39, 0.29) is 6.54 Å². The average Bonchev–Trinajstić information content (AvgIpc) is 2.55. The maximum Gasteiger partial charge on any atom is 0.422 e. The van der Waals surface area contributed by atoms with Crippen molar-refractivity contribution < 1.29 is 30.7 Å². The fourth-order valence-electron chi connectivity index (χ4n) is 1.93. The van der Waals surface area contributed by atoms with Crippen molar-refractivity contribution in [2.75, 3.05) is 5.32 Å². The van der Waals surface area contributed by atoms with Gasteiger partial charge in [0.15, 0.2) is 28.4 Å².